The largest absolute Gasteiger partial charge is 0.507 e. The van der Waals surface area contributed by atoms with Crippen molar-refractivity contribution in [3.05, 3.63) is 101 Å². The lowest BCUT2D eigenvalue weighted by atomic mass is 9.96. The quantitative estimate of drug-likeness (QED) is 0.254. The van der Waals surface area contributed by atoms with Gasteiger partial charge in [0, 0.05) is 44.1 Å². The third kappa shape index (κ3) is 6.02. The van der Waals surface area contributed by atoms with E-state index in [0.717, 1.165) is 36.3 Å². The van der Waals surface area contributed by atoms with Crippen molar-refractivity contribution in [1.29, 1.82) is 0 Å². The van der Waals surface area contributed by atoms with Crippen LogP contribution in [0.2, 0.25) is 0 Å². The topological polar surface area (TPSA) is 92.2 Å². The van der Waals surface area contributed by atoms with E-state index in [-0.39, 0.29) is 11.3 Å². The van der Waals surface area contributed by atoms with E-state index in [1.807, 2.05) is 31.2 Å². The molecule has 2 aliphatic rings. The number of morpholine rings is 1. The lowest BCUT2D eigenvalue weighted by Gasteiger charge is -2.29. The first-order valence-corrected chi connectivity index (χ1v) is 13.3. The van der Waals surface area contributed by atoms with Gasteiger partial charge >= 0.3 is 0 Å². The predicted molar refractivity (Wildman–Crippen MR) is 147 cm³/mol. The molecule has 3 aromatic rings. The van der Waals surface area contributed by atoms with Gasteiger partial charge in [0.05, 0.1) is 24.8 Å². The minimum atomic E-state index is -0.685. The molecule has 2 aromatic carbocycles. The fourth-order valence-electron chi connectivity index (χ4n) is 5.09. The summed E-state index contributed by atoms with van der Waals surface area (Å²) in [4.78, 5) is 34.4. The molecule has 5 rings (SSSR count). The van der Waals surface area contributed by atoms with E-state index in [4.69, 9.17) is 9.47 Å². The average molecular weight is 528 g/mol. The number of likely N-dealkylation sites (tertiary alicyclic amines) is 1. The first kappa shape index (κ1) is 26.6. The van der Waals surface area contributed by atoms with Gasteiger partial charge in [0.2, 0.25) is 0 Å². The Balaban J connectivity index is 1.36. The summed E-state index contributed by atoms with van der Waals surface area (Å²) in [5.74, 6) is -0.834. The molecule has 0 radical (unpaired) electrons. The summed E-state index contributed by atoms with van der Waals surface area (Å²) in [5, 5.41) is 11.3. The lowest BCUT2D eigenvalue weighted by Crippen LogP contribution is -2.38. The Morgan fingerprint density at radius 1 is 1.00 bits per heavy atom. The Morgan fingerprint density at radius 3 is 2.44 bits per heavy atom. The number of aliphatic hydroxyl groups excluding tert-OH is 1. The summed E-state index contributed by atoms with van der Waals surface area (Å²) < 4.78 is 11.3. The number of hydrogen-bond donors (Lipinski definition) is 1. The molecule has 2 fully saturated rings. The van der Waals surface area contributed by atoms with Crippen molar-refractivity contribution >= 4 is 17.4 Å². The highest BCUT2D eigenvalue weighted by Crippen LogP contribution is 2.39. The Kier molecular flexibility index (Phi) is 8.34. The number of aryl methyl sites for hydroxylation is 1. The predicted octanol–water partition coefficient (Wildman–Crippen LogP) is 4.11. The van der Waals surface area contributed by atoms with Gasteiger partial charge in [-0.2, -0.15) is 0 Å². The van der Waals surface area contributed by atoms with Crippen LogP contribution in [0.3, 0.4) is 0 Å². The van der Waals surface area contributed by atoms with Crippen LogP contribution in [0.25, 0.3) is 5.76 Å². The number of ketones is 1. The SMILES string of the molecule is Cc1ccccc1COc1ccc(/C(O)=C2\C(=O)C(=O)N(CCCN3CCOCC3)[C@H]2c2ccncc2)cc1. The zero-order valence-electron chi connectivity index (χ0n) is 22.1. The van der Waals surface area contributed by atoms with Gasteiger partial charge in [-0.15, -0.1) is 0 Å². The van der Waals surface area contributed by atoms with Crippen molar-refractivity contribution in [3.63, 3.8) is 0 Å². The number of benzene rings is 2. The van der Waals surface area contributed by atoms with Crippen LogP contribution in [0.4, 0.5) is 0 Å². The molecule has 202 valence electrons. The van der Waals surface area contributed by atoms with Crippen LogP contribution >= 0.6 is 0 Å². The molecule has 2 aliphatic heterocycles. The molecular weight excluding hydrogens is 494 g/mol. The number of ether oxygens (including phenoxy) is 2. The second-order valence-corrected chi connectivity index (χ2v) is 9.82. The third-order valence-corrected chi connectivity index (χ3v) is 7.32. The van der Waals surface area contributed by atoms with Crippen LogP contribution in [0.1, 0.15) is 34.7 Å². The van der Waals surface area contributed by atoms with Crippen molar-refractivity contribution in [2.24, 2.45) is 0 Å². The number of nitrogens with zero attached hydrogens (tertiary/aromatic N) is 3. The monoisotopic (exact) mass is 527 g/mol. The standard InChI is InChI=1S/C31H33N3O5/c1-22-5-2-3-6-25(22)21-39-26-9-7-24(8-10-26)29(35)27-28(23-11-13-32-14-12-23)34(31(37)30(27)36)16-4-15-33-17-19-38-20-18-33/h2-3,5-14,28,35H,4,15-21H2,1H3/b29-27+/t28-/m0/s1. The molecule has 0 saturated carbocycles. The van der Waals surface area contributed by atoms with E-state index in [9.17, 15) is 14.7 Å². The summed E-state index contributed by atoms with van der Waals surface area (Å²) in [6, 6.07) is 17.8. The van der Waals surface area contributed by atoms with Gasteiger partial charge in [0.1, 0.15) is 18.1 Å². The first-order chi connectivity index (χ1) is 19.0. The van der Waals surface area contributed by atoms with Crippen molar-refractivity contribution in [2.75, 3.05) is 39.4 Å². The fourth-order valence-corrected chi connectivity index (χ4v) is 5.09. The Morgan fingerprint density at radius 2 is 1.72 bits per heavy atom. The number of pyridine rings is 1. The van der Waals surface area contributed by atoms with Crippen LogP contribution in [-0.4, -0.2) is 71.0 Å². The number of aromatic nitrogens is 1. The van der Waals surface area contributed by atoms with Gasteiger partial charge < -0.3 is 19.5 Å². The number of Topliss-reactive ketones (excluding diaryl/α,β-unsaturated/α-hetero) is 1. The van der Waals surface area contributed by atoms with Crippen molar-refractivity contribution in [3.8, 4) is 5.75 Å². The van der Waals surface area contributed by atoms with Crippen LogP contribution < -0.4 is 4.74 Å². The molecule has 2 saturated heterocycles. The molecule has 3 heterocycles. The molecular formula is C31H33N3O5. The summed E-state index contributed by atoms with van der Waals surface area (Å²) in [7, 11) is 0. The highest BCUT2D eigenvalue weighted by Gasteiger charge is 2.45. The van der Waals surface area contributed by atoms with Crippen LogP contribution in [-0.2, 0) is 20.9 Å². The van der Waals surface area contributed by atoms with Crippen LogP contribution in [0.5, 0.6) is 5.75 Å². The molecule has 1 atom stereocenters. The van der Waals surface area contributed by atoms with Gasteiger partial charge in [0.25, 0.3) is 11.7 Å². The molecule has 0 unspecified atom stereocenters. The van der Waals surface area contributed by atoms with Gasteiger partial charge in [-0.05, 0) is 66.4 Å². The number of rotatable bonds is 9. The smallest absolute Gasteiger partial charge is 0.295 e. The molecule has 0 spiro atoms. The number of amides is 1. The number of carbonyl (C=O) groups excluding carboxylic acids is 2. The van der Waals surface area contributed by atoms with Gasteiger partial charge in [-0.25, -0.2) is 0 Å². The highest BCUT2D eigenvalue weighted by atomic mass is 16.5. The van der Waals surface area contributed by atoms with Gasteiger partial charge in [0.15, 0.2) is 0 Å². The molecule has 1 amide bonds. The average Bonchev–Trinajstić information content (AvgIpc) is 3.23. The molecule has 8 heteroatoms. The Bertz CT molecular complexity index is 1330. The highest BCUT2D eigenvalue weighted by molar-refractivity contribution is 6.46. The van der Waals surface area contributed by atoms with E-state index < -0.39 is 17.7 Å². The zero-order chi connectivity index (χ0) is 27.2. The molecule has 8 nitrogen and oxygen atoms in total. The van der Waals surface area contributed by atoms with E-state index >= 15 is 0 Å². The maximum atomic E-state index is 13.3. The minimum Gasteiger partial charge on any atom is -0.507 e. The molecule has 1 N–H and O–H groups in total. The summed E-state index contributed by atoms with van der Waals surface area (Å²) in [6.45, 7) is 6.80. The molecule has 1 aromatic heterocycles. The van der Waals surface area contributed by atoms with Gasteiger partial charge in [-0.1, -0.05) is 24.3 Å². The lowest BCUT2D eigenvalue weighted by molar-refractivity contribution is -0.140. The second-order valence-electron chi connectivity index (χ2n) is 9.82. The molecule has 0 aliphatic carbocycles. The van der Waals surface area contributed by atoms with Crippen molar-refractivity contribution < 1.29 is 24.2 Å². The van der Waals surface area contributed by atoms with Gasteiger partial charge in [-0.3, -0.25) is 19.5 Å². The van der Waals surface area contributed by atoms with Crippen molar-refractivity contribution in [2.45, 2.75) is 26.0 Å². The Hall–Kier alpha value is -4.01. The minimum absolute atomic E-state index is 0.0890. The van der Waals surface area contributed by atoms with Crippen LogP contribution in [0, 0.1) is 6.92 Å². The van der Waals surface area contributed by atoms with E-state index in [0.29, 0.717) is 44.1 Å². The maximum absolute atomic E-state index is 13.3. The second kappa shape index (κ2) is 12.2. The summed E-state index contributed by atoms with van der Waals surface area (Å²) in [6.07, 6.45) is 3.97. The van der Waals surface area contributed by atoms with E-state index in [1.54, 1.807) is 53.7 Å². The number of hydrogen-bond acceptors (Lipinski definition) is 7. The zero-order valence-corrected chi connectivity index (χ0v) is 22.1. The van der Waals surface area contributed by atoms with E-state index in [2.05, 4.69) is 9.88 Å². The Labute approximate surface area is 228 Å². The normalized spacial score (nSPS) is 19.4. The van der Waals surface area contributed by atoms with Crippen LogP contribution in [0.15, 0.2) is 78.6 Å². The summed E-state index contributed by atoms with van der Waals surface area (Å²) >= 11 is 0. The number of aliphatic hydroxyl groups is 1. The van der Waals surface area contributed by atoms with Crippen molar-refractivity contribution in [1.82, 2.24) is 14.8 Å². The summed E-state index contributed by atoms with van der Waals surface area (Å²) in [5.41, 5.74) is 3.51. The maximum Gasteiger partial charge on any atom is 0.295 e. The molecule has 0 bridgehead atoms. The van der Waals surface area contributed by atoms with E-state index in [1.165, 1.54) is 0 Å². The third-order valence-electron chi connectivity index (χ3n) is 7.32. The molecule has 39 heavy (non-hydrogen) atoms. The first-order valence-electron chi connectivity index (χ1n) is 13.3. The fraction of sp³-hybridized carbons (Fsp3) is 0.323. The number of carbonyl (C=O) groups is 2.